The standard InChI is InChI=1S/C26H30Cl2N2O3/c27-22-13-12-20(17-23(22)28)18-25(31)30(33-26-11-5-8-16-32-26)24(21-9-3-1-4-10-21)19-29-14-6-2-7-15-29/h1-4,6,9-10,12-13,17,24,26H,5,7-8,11,14-16,18-19H2/t24-,26?/m1/s1. The molecule has 7 heteroatoms. The summed E-state index contributed by atoms with van der Waals surface area (Å²) < 4.78 is 5.84. The van der Waals surface area contributed by atoms with Crippen molar-refractivity contribution in [2.45, 2.75) is 44.4 Å². The highest BCUT2D eigenvalue weighted by molar-refractivity contribution is 6.42. The van der Waals surface area contributed by atoms with Crippen LogP contribution in [0.15, 0.2) is 60.7 Å². The van der Waals surface area contributed by atoms with E-state index in [9.17, 15) is 4.79 Å². The smallest absolute Gasteiger partial charge is 0.251 e. The van der Waals surface area contributed by atoms with Crippen molar-refractivity contribution in [3.8, 4) is 0 Å². The van der Waals surface area contributed by atoms with E-state index in [1.165, 1.54) is 0 Å². The van der Waals surface area contributed by atoms with Gasteiger partial charge in [0.1, 0.15) is 0 Å². The Bertz CT molecular complexity index is 948. The number of amides is 1. The van der Waals surface area contributed by atoms with Gasteiger partial charge in [0.05, 0.1) is 22.5 Å². The Morgan fingerprint density at radius 3 is 2.67 bits per heavy atom. The highest BCUT2D eigenvalue weighted by atomic mass is 35.5. The molecule has 2 aliphatic heterocycles. The molecule has 1 amide bonds. The first-order valence-electron chi connectivity index (χ1n) is 11.6. The molecule has 2 heterocycles. The molecule has 0 saturated carbocycles. The summed E-state index contributed by atoms with van der Waals surface area (Å²) in [7, 11) is 0. The number of carbonyl (C=O) groups excluding carboxylic acids is 1. The lowest BCUT2D eigenvalue weighted by Crippen LogP contribution is -2.45. The van der Waals surface area contributed by atoms with Crippen molar-refractivity contribution in [3.05, 3.63) is 81.9 Å². The Labute approximate surface area is 205 Å². The second kappa shape index (κ2) is 12.0. The normalized spacial score (nSPS) is 19.9. The van der Waals surface area contributed by atoms with Gasteiger partial charge in [-0.1, -0.05) is 71.8 Å². The van der Waals surface area contributed by atoms with Crippen molar-refractivity contribution in [2.24, 2.45) is 0 Å². The fourth-order valence-electron chi connectivity index (χ4n) is 4.22. The first-order valence-corrected chi connectivity index (χ1v) is 12.3. The molecule has 1 fully saturated rings. The Hall–Kier alpha value is -1.89. The molecule has 4 rings (SSSR count). The number of hydrogen-bond acceptors (Lipinski definition) is 4. The van der Waals surface area contributed by atoms with Crippen LogP contribution in [0.25, 0.3) is 0 Å². The fraction of sp³-hybridized carbons (Fsp3) is 0.423. The van der Waals surface area contributed by atoms with Crippen LogP contribution in [0.1, 0.15) is 42.9 Å². The number of carbonyl (C=O) groups is 1. The van der Waals surface area contributed by atoms with Crippen LogP contribution in [0.3, 0.4) is 0 Å². The third kappa shape index (κ3) is 6.81. The molecule has 1 unspecified atom stereocenters. The number of ether oxygens (including phenoxy) is 1. The average molecular weight is 489 g/mol. The molecule has 0 aliphatic carbocycles. The molecule has 0 N–H and O–H groups in total. The average Bonchev–Trinajstić information content (AvgIpc) is 2.85. The summed E-state index contributed by atoms with van der Waals surface area (Å²) in [4.78, 5) is 22.3. The summed E-state index contributed by atoms with van der Waals surface area (Å²) in [5, 5.41) is 2.45. The van der Waals surface area contributed by atoms with Crippen LogP contribution in [0, 0.1) is 0 Å². The summed E-state index contributed by atoms with van der Waals surface area (Å²) in [6.07, 6.45) is 7.92. The SMILES string of the molecule is O=C(Cc1ccc(Cl)c(Cl)c1)N(OC1CCCCO1)[C@H](CN1CC=CCC1)c1ccccc1. The number of nitrogens with zero attached hydrogens (tertiary/aromatic N) is 2. The lowest BCUT2D eigenvalue weighted by atomic mass is 10.0. The number of rotatable bonds is 8. The Balaban J connectivity index is 1.61. The maximum atomic E-state index is 13.7. The highest BCUT2D eigenvalue weighted by Gasteiger charge is 2.32. The molecule has 0 aromatic heterocycles. The predicted molar refractivity (Wildman–Crippen MR) is 131 cm³/mol. The molecular weight excluding hydrogens is 459 g/mol. The fourth-order valence-corrected chi connectivity index (χ4v) is 4.54. The van der Waals surface area contributed by atoms with Crippen molar-refractivity contribution in [1.82, 2.24) is 9.96 Å². The molecule has 2 aromatic rings. The second-order valence-electron chi connectivity index (χ2n) is 8.49. The topological polar surface area (TPSA) is 42.0 Å². The van der Waals surface area contributed by atoms with E-state index < -0.39 is 6.29 Å². The van der Waals surface area contributed by atoms with E-state index in [-0.39, 0.29) is 18.4 Å². The molecule has 0 radical (unpaired) electrons. The van der Waals surface area contributed by atoms with Gasteiger partial charge in [0.2, 0.25) is 0 Å². The van der Waals surface area contributed by atoms with Crippen molar-refractivity contribution in [2.75, 3.05) is 26.2 Å². The molecule has 2 aliphatic rings. The van der Waals surface area contributed by atoms with Crippen molar-refractivity contribution < 1.29 is 14.4 Å². The summed E-state index contributed by atoms with van der Waals surface area (Å²) in [6.45, 7) is 3.13. The van der Waals surface area contributed by atoms with E-state index in [1.54, 1.807) is 17.2 Å². The van der Waals surface area contributed by atoms with Crippen LogP contribution < -0.4 is 0 Å². The molecule has 33 heavy (non-hydrogen) atoms. The molecule has 2 atom stereocenters. The quantitative estimate of drug-likeness (QED) is 0.346. The van der Waals surface area contributed by atoms with E-state index in [0.717, 1.165) is 49.9 Å². The van der Waals surface area contributed by atoms with E-state index in [0.29, 0.717) is 23.2 Å². The first kappa shape index (κ1) is 24.2. The maximum Gasteiger partial charge on any atom is 0.251 e. The van der Waals surface area contributed by atoms with Crippen molar-refractivity contribution in [1.29, 1.82) is 0 Å². The molecular formula is C26H30Cl2N2O3. The molecule has 176 valence electrons. The van der Waals surface area contributed by atoms with Gasteiger partial charge in [0, 0.05) is 32.7 Å². The van der Waals surface area contributed by atoms with Gasteiger partial charge >= 0.3 is 0 Å². The zero-order chi connectivity index (χ0) is 23.0. The second-order valence-corrected chi connectivity index (χ2v) is 9.31. The molecule has 1 saturated heterocycles. The minimum absolute atomic E-state index is 0.135. The van der Waals surface area contributed by atoms with Crippen LogP contribution >= 0.6 is 23.2 Å². The van der Waals surface area contributed by atoms with Gasteiger partial charge in [-0.05, 0) is 42.5 Å². The van der Waals surface area contributed by atoms with Gasteiger partial charge in [0.15, 0.2) is 6.29 Å². The summed E-state index contributed by atoms with van der Waals surface area (Å²) in [6, 6.07) is 15.1. The van der Waals surface area contributed by atoms with Gasteiger partial charge in [-0.3, -0.25) is 9.69 Å². The van der Waals surface area contributed by atoms with Crippen molar-refractivity contribution in [3.63, 3.8) is 0 Å². The van der Waals surface area contributed by atoms with Crippen LogP contribution in [0.2, 0.25) is 10.0 Å². The van der Waals surface area contributed by atoms with Crippen LogP contribution in [-0.4, -0.2) is 48.4 Å². The van der Waals surface area contributed by atoms with Gasteiger partial charge in [0.25, 0.3) is 5.91 Å². The lowest BCUT2D eigenvalue weighted by molar-refractivity contribution is -0.293. The third-order valence-corrected chi connectivity index (χ3v) is 6.73. The zero-order valence-corrected chi connectivity index (χ0v) is 20.2. The van der Waals surface area contributed by atoms with E-state index in [4.69, 9.17) is 32.8 Å². The molecule has 5 nitrogen and oxygen atoms in total. The summed E-state index contributed by atoms with van der Waals surface area (Å²) >= 11 is 12.3. The summed E-state index contributed by atoms with van der Waals surface area (Å²) in [5.41, 5.74) is 1.82. The predicted octanol–water partition coefficient (Wildman–Crippen LogP) is 5.83. The van der Waals surface area contributed by atoms with Gasteiger partial charge < -0.3 is 4.74 Å². The van der Waals surface area contributed by atoms with Gasteiger partial charge in [-0.15, -0.1) is 0 Å². The number of benzene rings is 2. The number of halogens is 2. The maximum absolute atomic E-state index is 13.7. The van der Waals surface area contributed by atoms with Gasteiger partial charge in [-0.25, -0.2) is 9.90 Å². The number of hydroxylamine groups is 2. The molecule has 0 bridgehead atoms. The monoisotopic (exact) mass is 488 g/mol. The zero-order valence-electron chi connectivity index (χ0n) is 18.7. The molecule has 0 spiro atoms. The van der Waals surface area contributed by atoms with E-state index in [1.807, 2.05) is 24.3 Å². The van der Waals surface area contributed by atoms with Crippen LogP contribution in [-0.2, 0) is 20.8 Å². The Morgan fingerprint density at radius 2 is 1.97 bits per heavy atom. The first-order chi connectivity index (χ1) is 16.1. The molecule has 2 aromatic carbocycles. The van der Waals surface area contributed by atoms with Gasteiger partial charge in [-0.2, -0.15) is 0 Å². The van der Waals surface area contributed by atoms with Crippen LogP contribution in [0.4, 0.5) is 0 Å². The van der Waals surface area contributed by atoms with E-state index in [2.05, 4.69) is 29.2 Å². The minimum Gasteiger partial charge on any atom is -0.350 e. The Kier molecular flexibility index (Phi) is 8.82. The minimum atomic E-state index is -0.427. The highest BCUT2D eigenvalue weighted by Crippen LogP contribution is 2.28. The van der Waals surface area contributed by atoms with Crippen LogP contribution in [0.5, 0.6) is 0 Å². The lowest BCUT2D eigenvalue weighted by Gasteiger charge is -2.37. The van der Waals surface area contributed by atoms with E-state index >= 15 is 0 Å². The largest absolute Gasteiger partial charge is 0.350 e. The number of hydrogen-bond donors (Lipinski definition) is 0. The Morgan fingerprint density at radius 1 is 1.12 bits per heavy atom. The van der Waals surface area contributed by atoms with Crippen molar-refractivity contribution >= 4 is 29.1 Å². The summed E-state index contributed by atoms with van der Waals surface area (Å²) in [5.74, 6) is -0.135. The third-order valence-electron chi connectivity index (χ3n) is 6.00.